The molecule has 2 heterocycles. The molecule has 0 bridgehead atoms. The molecule has 2 aromatic rings. The van der Waals surface area contributed by atoms with Crippen LogP contribution in [0.4, 0.5) is 17.6 Å². The average Bonchev–Trinajstić information content (AvgIpc) is 2.73. The van der Waals surface area contributed by atoms with Crippen molar-refractivity contribution in [3.05, 3.63) is 64.7 Å². The molecule has 30 heavy (non-hydrogen) atoms. The number of rotatable bonds is 4. The normalized spacial score (nSPS) is 15.2. The van der Waals surface area contributed by atoms with Crippen LogP contribution >= 0.6 is 0 Å². The summed E-state index contributed by atoms with van der Waals surface area (Å²) < 4.78 is 51.4. The molecule has 1 aliphatic heterocycles. The topological polar surface area (TPSA) is 62.3 Å². The van der Waals surface area contributed by atoms with E-state index >= 15 is 0 Å². The van der Waals surface area contributed by atoms with Crippen molar-refractivity contribution in [3.63, 3.8) is 0 Å². The summed E-state index contributed by atoms with van der Waals surface area (Å²) in [5.74, 6) is -1.25. The summed E-state index contributed by atoms with van der Waals surface area (Å²) in [5, 5.41) is 2.78. The number of carbonyl (C=O) groups is 2. The second-order valence-electron chi connectivity index (χ2n) is 7.30. The van der Waals surface area contributed by atoms with E-state index in [-0.39, 0.29) is 29.9 Å². The summed E-state index contributed by atoms with van der Waals surface area (Å²) in [6.45, 7) is 2.48. The molecule has 5 nitrogen and oxygen atoms in total. The number of alkyl halides is 3. The largest absolute Gasteiger partial charge is 0.417 e. The Hall–Kier alpha value is -2.97. The van der Waals surface area contributed by atoms with Gasteiger partial charge in [-0.2, -0.15) is 13.2 Å². The lowest BCUT2D eigenvalue weighted by atomic mass is 9.95. The van der Waals surface area contributed by atoms with Crippen LogP contribution in [0.3, 0.4) is 0 Å². The molecule has 1 N–H and O–H groups in total. The highest BCUT2D eigenvalue weighted by Crippen LogP contribution is 2.28. The summed E-state index contributed by atoms with van der Waals surface area (Å²) in [6, 6.07) is 6.67. The number of aromatic nitrogens is 1. The third-order valence-electron chi connectivity index (χ3n) is 5.17. The molecule has 1 fully saturated rings. The standard InChI is InChI=1S/C21H21F4N3O2/c1-13-2-3-14(10-17(13)22)11-27-19(29)15-6-8-28(9-7-15)20(30)18-5-4-16(12-26-18)21(23,24)25/h2-5,10,12,15H,6-9,11H2,1H3,(H,27,29). The number of likely N-dealkylation sites (tertiary alicyclic amines) is 1. The lowest BCUT2D eigenvalue weighted by molar-refractivity contribution is -0.137. The highest BCUT2D eigenvalue weighted by atomic mass is 19.4. The molecule has 0 spiro atoms. The van der Waals surface area contributed by atoms with E-state index in [4.69, 9.17) is 0 Å². The Morgan fingerprint density at radius 1 is 1.17 bits per heavy atom. The molecular formula is C21H21F4N3O2. The molecule has 0 saturated carbocycles. The van der Waals surface area contributed by atoms with Crippen molar-refractivity contribution in [1.29, 1.82) is 0 Å². The SMILES string of the molecule is Cc1ccc(CNC(=O)C2CCN(C(=O)c3ccc(C(F)(F)F)cn3)CC2)cc1F. The molecule has 1 aliphatic rings. The molecule has 9 heteroatoms. The summed E-state index contributed by atoms with van der Waals surface area (Å²) in [6.07, 6.45) is -3.01. The van der Waals surface area contributed by atoms with Crippen LogP contribution in [0.15, 0.2) is 36.5 Å². The van der Waals surface area contributed by atoms with Gasteiger partial charge in [-0.05, 0) is 49.1 Å². The highest BCUT2D eigenvalue weighted by molar-refractivity contribution is 5.92. The molecule has 2 amide bonds. The van der Waals surface area contributed by atoms with Crippen LogP contribution in [0.5, 0.6) is 0 Å². The molecule has 1 saturated heterocycles. The van der Waals surface area contributed by atoms with Crippen molar-refractivity contribution in [2.75, 3.05) is 13.1 Å². The third-order valence-corrected chi connectivity index (χ3v) is 5.17. The summed E-state index contributed by atoms with van der Waals surface area (Å²) in [7, 11) is 0. The van der Waals surface area contributed by atoms with E-state index in [0.717, 1.165) is 12.1 Å². The molecule has 0 radical (unpaired) electrons. The van der Waals surface area contributed by atoms with E-state index in [9.17, 15) is 27.2 Å². The first kappa shape index (κ1) is 21.7. The van der Waals surface area contributed by atoms with Crippen molar-refractivity contribution < 1.29 is 27.2 Å². The van der Waals surface area contributed by atoms with E-state index in [0.29, 0.717) is 43.3 Å². The predicted molar refractivity (Wildman–Crippen MR) is 101 cm³/mol. The van der Waals surface area contributed by atoms with Gasteiger partial charge in [-0.25, -0.2) is 4.39 Å². The number of halogens is 4. The van der Waals surface area contributed by atoms with Gasteiger partial charge in [-0.1, -0.05) is 12.1 Å². The number of aryl methyl sites for hydroxylation is 1. The molecule has 1 aromatic carbocycles. The van der Waals surface area contributed by atoms with Crippen molar-refractivity contribution in [2.45, 2.75) is 32.5 Å². The minimum Gasteiger partial charge on any atom is -0.352 e. The second kappa shape index (κ2) is 8.81. The number of carbonyl (C=O) groups excluding carboxylic acids is 2. The zero-order valence-electron chi connectivity index (χ0n) is 16.3. The molecule has 0 aliphatic carbocycles. The molecule has 160 valence electrons. The van der Waals surface area contributed by atoms with Gasteiger partial charge in [0.25, 0.3) is 5.91 Å². The van der Waals surface area contributed by atoms with Gasteiger partial charge >= 0.3 is 6.18 Å². The maximum absolute atomic E-state index is 13.6. The van der Waals surface area contributed by atoms with Crippen LogP contribution < -0.4 is 5.32 Å². The first-order valence-electron chi connectivity index (χ1n) is 9.50. The Morgan fingerprint density at radius 3 is 2.43 bits per heavy atom. The second-order valence-corrected chi connectivity index (χ2v) is 7.30. The minimum absolute atomic E-state index is 0.0627. The highest BCUT2D eigenvalue weighted by Gasteiger charge is 2.32. The quantitative estimate of drug-likeness (QED) is 0.763. The van der Waals surface area contributed by atoms with Crippen LogP contribution in [-0.4, -0.2) is 34.8 Å². The van der Waals surface area contributed by atoms with Gasteiger partial charge in [0.05, 0.1) is 5.56 Å². The zero-order chi connectivity index (χ0) is 21.9. The fourth-order valence-corrected chi connectivity index (χ4v) is 3.27. The fraction of sp³-hybridized carbons (Fsp3) is 0.381. The first-order chi connectivity index (χ1) is 14.1. The monoisotopic (exact) mass is 423 g/mol. The van der Waals surface area contributed by atoms with E-state index in [1.54, 1.807) is 19.1 Å². The van der Waals surface area contributed by atoms with Crippen LogP contribution in [0.1, 0.15) is 40.0 Å². The third kappa shape index (κ3) is 5.14. The molecule has 0 unspecified atom stereocenters. The number of piperidine rings is 1. The van der Waals surface area contributed by atoms with Crippen molar-refractivity contribution in [2.24, 2.45) is 5.92 Å². The lowest BCUT2D eigenvalue weighted by Gasteiger charge is -2.31. The summed E-state index contributed by atoms with van der Waals surface area (Å²) >= 11 is 0. The Kier molecular flexibility index (Phi) is 6.38. The fourth-order valence-electron chi connectivity index (χ4n) is 3.27. The van der Waals surface area contributed by atoms with Gasteiger partial charge in [0.2, 0.25) is 5.91 Å². The van der Waals surface area contributed by atoms with Crippen molar-refractivity contribution in [1.82, 2.24) is 15.2 Å². The smallest absolute Gasteiger partial charge is 0.352 e. The number of nitrogens with zero attached hydrogens (tertiary/aromatic N) is 2. The number of amides is 2. The van der Waals surface area contributed by atoms with Gasteiger partial charge in [0.1, 0.15) is 11.5 Å². The number of pyridine rings is 1. The predicted octanol–water partition coefficient (Wildman–Crippen LogP) is 3.72. The van der Waals surface area contributed by atoms with Crippen LogP contribution in [0.2, 0.25) is 0 Å². The Bertz CT molecular complexity index is 921. The van der Waals surface area contributed by atoms with Crippen molar-refractivity contribution >= 4 is 11.8 Å². The van der Waals surface area contributed by atoms with E-state index in [1.165, 1.54) is 11.0 Å². The first-order valence-corrected chi connectivity index (χ1v) is 9.50. The summed E-state index contributed by atoms with van der Waals surface area (Å²) in [5.41, 5.74) is 0.215. The maximum atomic E-state index is 13.6. The van der Waals surface area contributed by atoms with E-state index < -0.39 is 17.6 Å². The van der Waals surface area contributed by atoms with E-state index in [2.05, 4.69) is 10.3 Å². The minimum atomic E-state index is -4.51. The maximum Gasteiger partial charge on any atom is 0.417 e. The molecule has 3 rings (SSSR count). The number of benzene rings is 1. The Labute approximate surface area is 171 Å². The van der Waals surface area contributed by atoms with E-state index in [1.807, 2.05) is 0 Å². The molecular weight excluding hydrogens is 402 g/mol. The number of nitrogens with one attached hydrogen (secondary N) is 1. The van der Waals surface area contributed by atoms with Gasteiger partial charge in [-0.15, -0.1) is 0 Å². The lowest BCUT2D eigenvalue weighted by Crippen LogP contribution is -2.43. The average molecular weight is 423 g/mol. The molecule has 1 aromatic heterocycles. The van der Waals surface area contributed by atoms with Gasteiger partial charge in [-0.3, -0.25) is 14.6 Å². The van der Waals surface area contributed by atoms with Crippen LogP contribution in [0.25, 0.3) is 0 Å². The molecule has 0 atom stereocenters. The summed E-state index contributed by atoms with van der Waals surface area (Å²) in [4.78, 5) is 29.9. The van der Waals surface area contributed by atoms with Crippen molar-refractivity contribution in [3.8, 4) is 0 Å². The Balaban J connectivity index is 1.50. The zero-order valence-corrected chi connectivity index (χ0v) is 16.3. The van der Waals surface area contributed by atoms with Crippen LogP contribution in [-0.2, 0) is 17.5 Å². The van der Waals surface area contributed by atoms with Gasteiger partial charge in [0.15, 0.2) is 0 Å². The van der Waals surface area contributed by atoms with Crippen LogP contribution in [0, 0.1) is 18.7 Å². The number of hydrogen-bond acceptors (Lipinski definition) is 3. The number of hydrogen-bond donors (Lipinski definition) is 1. The van der Waals surface area contributed by atoms with Gasteiger partial charge in [0, 0.05) is 31.7 Å². The Morgan fingerprint density at radius 2 is 1.87 bits per heavy atom. The van der Waals surface area contributed by atoms with Gasteiger partial charge < -0.3 is 10.2 Å².